The molecule has 2 amide bonds. The molecule has 0 unspecified atom stereocenters. The van der Waals surface area contributed by atoms with E-state index < -0.39 is 5.91 Å². The lowest BCUT2D eigenvalue weighted by molar-refractivity contribution is -0.121. The summed E-state index contributed by atoms with van der Waals surface area (Å²) in [6.07, 6.45) is 3.31. The van der Waals surface area contributed by atoms with Gasteiger partial charge >= 0.3 is 0 Å². The van der Waals surface area contributed by atoms with Gasteiger partial charge in [0.05, 0.1) is 6.42 Å². The molecule has 0 atom stereocenters. The number of rotatable bonds is 3. The number of aromatic nitrogens is 3. The number of amides is 2. The van der Waals surface area contributed by atoms with Crippen molar-refractivity contribution in [3.63, 3.8) is 0 Å². The van der Waals surface area contributed by atoms with E-state index >= 15 is 0 Å². The van der Waals surface area contributed by atoms with E-state index in [0.29, 0.717) is 0 Å². The number of pyridine rings is 1. The fraction of sp³-hybridized carbons (Fsp3) is 0.0833. The molecule has 2 N–H and O–H groups in total. The van der Waals surface area contributed by atoms with Gasteiger partial charge in [-0.3, -0.25) is 25.4 Å². The van der Waals surface area contributed by atoms with Crippen LogP contribution in [-0.2, 0) is 11.2 Å². The third-order valence-electron chi connectivity index (χ3n) is 2.29. The summed E-state index contributed by atoms with van der Waals surface area (Å²) in [5, 5.41) is 7.30. The summed E-state index contributed by atoms with van der Waals surface area (Å²) in [6.45, 7) is 0. The van der Waals surface area contributed by atoms with Gasteiger partial charge in [0.25, 0.3) is 5.91 Å². The molecule has 2 aromatic heterocycles. The molecule has 102 valence electrons. The van der Waals surface area contributed by atoms with Gasteiger partial charge in [-0.1, -0.05) is 11.6 Å². The zero-order chi connectivity index (χ0) is 14.4. The van der Waals surface area contributed by atoms with E-state index in [9.17, 15) is 9.59 Å². The number of nitrogens with one attached hydrogen (secondary N) is 2. The highest BCUT2D eigenvalue weighted by molar-refractivity contribution is 6.29. The molecule has 0 spiro atoms. The van der Waals surface area contributed by atoms with Crippen LogP contribution in [0.15, 0.2) is 36.7 Å². The zero-order valence-corrected chi connectivity index (χ0v) is 11.0. The average Bonchev–Trinajstić information content (AvgIpc) is 2.46. The number of hydrogen-bond donors (Lipinski definition) is 2. The highest BCUT2D eigenvalue weighted by Crippen LogP contribution is 2.01. The Morgan fingerprint density at radius 3 is 2.45 bits per heavy atom. The molecule has 2 rings (SSSR count). The summed E-state index contributed by atoms with van der Waals surface area (Å²) in [5.74, 6) is -0.927. The van der Waals surface area contributed by atoms with Crippen molar-refractivity contribution in [1.82, 2.24) is 26.0 Å². The fourth-order valence-electron chi connectivity index (χ4n) is 1.36. The molecule has 0 aliphatic rings. The first-order chi connectivity index (χ1) is 9.65. The second-order valence-corrected chi connectivity index (χ2v) is 4.16. The first-order valence-electron chi connectivity index (χ1n) is 5.62. The summed E-state index contributed by atoms with van der Waals surface area (Å²) in [5.41, 5.74) is 5.37. The molecule has 0 radical (unpaired) electrons. The van der Waals surface area contributed by atoms with Crippen LogP contribution in [0.1, 0.15) is 16.1 Å². The zero-order valence-electron chi connectivity index (χ0n) is 10.2. The molecule has 7 nitrogen and oxygen atoms in total. The van der Waals surface area contributed by atoms with Crippen LogP contribution in [0.5, 0.6) is 0 Å². The Morgan fingerprint density at radius 2 is 1.80 bits per heavy atom. The maximum absolute atomic E-state index is 11.6. The average molecular weight is 292 g/mol. The quantitative estimate of drug-likeness (QED) is 0.804. The van der Waals surface area contributed by atoms with E-state index in [-0.39, 0.29) is 23.2 Å². The minimum Gasteiger partial charge on any atom is -0.273 e. The van der Waals surface area contributed by atoms with Crippen LogP contribution < -0.4 is 10.9 Å². The lowest BCUT2D eigenvalue weighted by Gasteiger charge is -2.06. The van der Waals surface area contributed by atoms with Crippen molar-refractivity contribution in [3.8, 4) is 0 Å². The Morgan fingerprint density at radius 1 is 1.05 bits per heavy atom. The molecular weight excluding hydrogens is 282 g/mol. The normalized spacial score (nSPS) is 9.85. The van der Waals surface area contributed by atoms with Gasteiger partial charge in [0.2, 0.25) is 5.91 Å². The Kier molecular flexibility index (Phi) is 4.56. The molecule has 8 heteroatoms. The van der Waals surface area contributed by atoms with Crippen molar-refractivity contribution in [2.45, 2.75) is 6.42 Å². The van der Waals surface area contributed by atoms with Crippen LogP contribution in [0, 0.1) is 0 Å². The van der Waals surface area contributed by atoms with Gasteiger partial charge in [0, 0.05) is 12.4 Å². The molecule has 0 bridgehead atoms. The van der Waals surface area contributed by atoms with Gasteiger partial charge in [-0.05, 0) is 29.8 Å². The van der Waals surface area contributed by atoms with Gasteiger partial charge in [0.15, 0.2) is 10.8 Å². The van der Waals surface area contributed by atoms with Crippen molar-refractivity contribution >= 4 is 23.4 Å². The van der Waals surface area contributed by atoms with Gasteiger partial charge < -0.3 is 0 Å². The summed E-state index contributed by atoms with van der Waals surface area (Å²) >= 11 is 5.55. The van der Waals surface area contributed by atoms with Gasteiger partial charge in [0.1, 0.15) is 0 Å². The number of carbonyl (C=O) groups excluding carboxylic acids is 2. The van der Waals surface area contributed by atoms with Crippen molar-refractivity contribution < 1.29 is 9.59 Å². The maximum atomic E-state index is 11.6. The van der Waals surface area contributed by atoms with Gasteiger partial charge in [-0.25, -0.2) is 0 Å². The smallest absolute Gasteiger partial charge is 0.273 e. The van der Waals surface area contributed by atoms with Crippen molar-refractivity contribution in [2.75, 3.05) is 0 Å². The minimum absolute atomic E-state index is 0.0543. The summed E-state index contributed by atoms with van der Waals surface area (Å²) < 4.78 is 0. The van der Waals surface area contributed by atoms with Crippen molar-refractivity contribution in [3.05, 3.63) is 53.1 Å². The first-order valence-corrected chi connectivity index (χ1v) is 6.00. The molecule has 0 saturated heterocycles. The lowest BCUT2D eigenvalue weighted by Crippen LogP contribution is -2.42. The van der Waals surface area contributed by atoms with Crippen molar-refractivity contribution in [2.24, 2.45) is 0 Å². The van der Waals surface area contributed by atoms with Crippen LogP contribution in [0.2, 0.25) is 5.15 Å². The summed E-state index contributed by atoms with van der Waals surface area (Å²) in [4.78, 5) is 27.1. The van der Waals surface area contributed by atoms with Gasteiger partial charge in [-0.2, -0.15) is 0 Å². The lowest BCUT2D eigenvalue weighted by atomic mass is 10.2. The molecule has 20 heavy (non-hydrogen) atoms. The predicted molar refractivity (Wildman–Crippen MR) is 70.6 cm³/mol. The molecule has 0 aliphatic carbocycles. The van der Waals surface area contributed by atoms with Crippen molar-refractivity contribution in [1.29, 1.82) is 0 Å². The van der Waals surface area contributed by atoms with E-state index in [2.05, 4.69) is 26.0 Å². The monoisotopic (exact) mass is 291 g/mol. The number of hydrogen-bond acceptors (Lipinski definition) is 5. The molecule has 0 saturated carbocycles. The van der Waals surface area contributed by atoms with Crippen LogP contribution in [0.25, 0.3) is 0 Å². The molecule has 0 fully saturated rings. The molecule has 0 aromatic carbocycles. The molecule has 2 heterocycles. The third kappa shape index (κ3) is 3.99. The summed E-state index contributed by atoms with van der Waals surface area (Å²) in [7, 11) is 0. The second kappa shape index (κ2) is 6.58. The second-order valence-electron chi connectivity index (χ2n) is 3.78. The Labute approximate surface area is 119 Å². The van der Waals surface area contributed by atoms with E-state index in [1.54, 1.807) is 24.5 Å². The number of carbonyl (C=O) groups is 2. The third-order valence-corrected chi connectivity index (χ3v) is 2.50. The van der Waals surface area contributed by atoms with E-state index in [0.717, 1.165) is 5.56 Å². The van der Waals surface area contributed by atoms with Gasteiger partial charge in [-0.15, -0.1) is 10.2 Å². The van der Waals surface area contributed by atoms with Crippen LogP contribution in [0.3, 0.4) is 0 Å². The largest absolute Gasteiger partial charge is 0.290 e. The van der Waals surface area contributed by atoms with Crippen LogP contribution >= 0.6 is 11.6 Å². The number of halogens is 1. The Balaban J connectivity index is 1.84. The van der Waals surface area contributed by atoms with E-state index in [4.69, 9.17) is 11.6 Å². The molecule has 2 aromatic rings. The number of nitrogens with zero attached hydrogens (tertiary/aromatic N) is 3. The molecular formula is C12H10ClN5O2. The minimum atomic E-state index is -0.572. The van der Waals surface area contributed by atoms with E-state index in [1.165, 1.54) is 12.1 Å². The highest BCUT2D eigenvalue weighted by Gasteiger charge is 2.09. The number of hydrazine groups is 1. The highest BCUT2D eigenvalue weighted by atomic mass is 35.5. The standard InChI is InChI=1S/C12H10ClN5O2/c13-10-2-1-9(15-16-10)12(20)18-17-11(19)7-8-3-5-14-6-4-8/h1-6H,7H2,(H,17,19)(H,18,20). The predicted octanol–water partition coefficient (Wildman–Crippen LogP) is 0.529. The summed E-state index contributed by atoms with van der Waals surface area (Å²) in [6, 6.07) is 6.26. The first kappa shape index (κ1) is 13.9. The van der Waals surface area contributed by atoms with Crippen LogP contribution in [0.4, 0.5) is 0 Å². The molecule has 0 aliphatic heterocycles. The fourth-order valence-corrected chi connectivity index (χ4v) is 1.46. The Hall–Kier alpha value is -2.54. The van der Waals surface area contributed by atoms with E-state index in [1.807, 2.05) is 0 Å². The SMILES string of the molecule is O=C(Cc1ccncc1)NNC(=O)c1ccc(Cl)nn1. The Bertz CT molecular complexity index is 603. The maximum Gasteiger partial charge on any atom is 0.290 e. The van der Waals surface area contributed by atoms with Crippen LogP contribution in [-0.4, -0.2) is 27.0 Å². The topological polar surface area (TPSA) is 96.9 Å².